The standard InChI is InChI=1S/C22H24ClF2N5O2/c1-2-22(25)13-8-12(9-14(13)22)27-21(32)29-5-6-30-17(10-29)18(20(26)31)19(28-30)11-3-4-16(24)15(23)7-11/h3-4,7,12-14H,2,5-6,8-10H2,1H3,(H2,26,31)(H,27,32)/t12-,13-,14?,22+/m0/s1. The molecule has 10 heteroatoms. The minimum absolute atomic E-state index is 0.0349. The van der Waals surface area contributed by atoms with Crippen molar-refractivity contribution in [2.24, 2.45) is 17.6 Å². The number of urea groups is 1. The van der Waals surface area contributed by atoms with Crippen LogP contribution in [0.1, 0.15) is 42.2 Å². The topological polar surface area (TPSA) is 93.2 Å². The molecule has 1 aromatic carbocycles. The second-order valence-corrected chi connectivity index (χ2v) is 9.33. The highest BCUT2D eigenvalue weighted by Gasteiger charge is 2.68. The number of hydrogen-bond acceptors (Lipinski definition) is 3. The molecule has 1 aliphatic heterocycles. The summed E-state index contributed by atoms with van der Waals surface area (Å²) in [5, 5.41) is 7.42. The number of nitrogens with two attached hydrogens (primary N) is 1. The van der Waals surface area contributed by atoms with Crippen LogP contribution in [0, 0.1) is 17.7 Å². The highest BCUT2D eigenvalue weighted by atomic mass is 35.5. The molecule has 3 N–H and O–H groups in total. The van der Waals surface area contributed by atoms with Gasteiger partial charge in [-0.2, -0.15) is 5.10 Å². The second-order valence-electron chi connectivity index (χ2n) is 8.92. The van der Waals surface area contributed by atoms with Crippen molar-refractivity contribution < 1.29 is 18.4 Å². The number of hydrogen-bond donors (Lipinski definition) is 2. The molecule has 2 fully saturated rings. The Labute approximate surface area is 188 Å². The maximum atomic E-state index is 14.5. The molecule has 0 bridgehead atoms. The number of aromatic nitrogens is 2. The maximum absolute atomic E-state index is 14.5. The minimum atomic E-state index is -1.05. The van der Waals surface area contributed by atoms with Crippen molar-refractivity contribution in [3.8, 4) is 11.3 Å². The van der Waals surface area contributed by atoms with Crippen molar-refractivity contribution >= 4 is 23.5 Å². The van der Waals surface area contributed by atoms with Crippen molar-refractivity contribution in [1.82, 2.24) is 20.0 Å². The van der Waals surface area contributed by atoms with Gasteiger partial charge in [-0.05, 0) is 37.5 Å². The third kappa shape index (κ3) is 3.25. The summed E-state index contributed by atoms with van der Waals surface area (Å²) in [6.45, 7) is 2.82. The molecular weight excluding hydrogens is 440 g/mol. The van der Waals surface area contributed by atoms with Gasteiger partial charge in [0, 0.05) is 30.0 Å². The molecule has 0 spiro atoms. The summed E-state index contributed by atoms with van der Waals surface area (Å²) < 4.78 is 29.7. The van der Waals surface area contributed by atoms with Gasteiger partial charge in [0.1, 0.15) is 17.2 Å². The van der Waals surface area contributed by atoms with Crippen molar-refractivity contribution in [3.63, 3.8) is 0 Å². The van der Waals surface area contributed by atoms with E-state index in [1.807, 2.05) is 6.92 Å². The number of nitrogens with zero attached hydrogens (tertiary/aromatic N) is 3. The molecule has 32 heavy (non-hydrogen) atoms. The lowest BCUT2D eigenvalue weighted by molar-refractivity contribution is 0.0997. The number of primary amides is 1. The molecule has 1 unspecified atom stereocenters. The Hall–Kier alpha value is -2.68. The molecule has 3 amide bonds. The van der Waals surface area contributed by atoms with Gasteiger partial charge < -0.3 is 16.0 Å². The van der Waals surface area contributed by atoms with Gasteiger partial charge in [0.15, 0.2) is 0 Å². The average Bonchev–Trinajstić information content (AvgIpc) is 3.11. The van der Waals surface area contributed by atoms with Crippen LogP contribution in [0.2, 0.25) is 5.02 Å². The Balaban J connectivity index is 1.33. The van der Waals surface area contributed by atoms with Gasteiger partial charge in [-0.3, -0.25) is 9.48 Å². The Bertz CT molecular complexity index is 1110. The Morgan fingerprint density at radius 1 is 1.31 bits per heavy atom. The van der Waals surface area contributed by atoms with Crippen LogP contribution in [-0.4, -0.2) is 44.9 Å². The van der Waals surface area contributed by atoms with Crippen LogP contribution in [0.15, 0.2) is 18.2 Å². The van der Waals surface area contributed by atoms with Gasteiger partial charge >= 0.3 is 6.03 Å². The molecule has 5 rings (SSSR count). The van der Waals surface area contributed by atoms with E-state index in [4.69, 9.17) is 17.3 Å². The average molecular weight is 464 g/mol. The lowest BCUT2D eigenvalue weighted by Gasteiger charge is -2.30. The summed E-state index contributed by atoms with van der Waals surface area (Å²) >= 11 is 5.90. The first-order valence-electron chi connectivity index (χ1n) is 10.8. The zero-order chi connectivity index (χ0) is 22.8. The SMILES string of the molecule is CC[C@]1(F)C2C[C@@H](NC(=O)N3CCn4nc(-c5ccc(F)c(Cl)c5)c(C(N)=O)c4C3)C[C@@H]21. The summed E-state index contributed by atoms with van der Waals surface area (Å²) in [5.74, 6) is -1.16. The molecule has 2 saturated carbocycles. The van der Waals surface area contributed by atoms with Gasteiger partial charge in [-0.1, -0.05) is 18.5 Å². The first-order valence-corrected chi connectivity index (χ1v) is 11.2. The lowest BCUT2D eigenvalue weighted by Crippen LogP contribution is -2.48. The highest BCUT2D eigenvalue weighted by molar-refractivity contribution is 6.31. The molecule has 7 nitrogen and oxygen atoms in total. The molecule has 2 heterocycles. The normalized spacial score (nSPS) is 28.2. The summed E-state index contributed by atoms with van der Waals surface area (Å²) in [6.07, 6.45) is 1.85. The highest BCUT2D eigenvalue weighted by Crippen LogP contribution is 2.64. The molecule has 0 radical (unpaired) electrons. The number of carbonyl (C=O) groups excluding carboxylic acids is 2. The molecule has 2 aromatic rings. The molecular formula is C22H24ClF2N5O2. The van der Waals surface area contributed by atoms with E-state index >= 15 is 0 Å². The van der Waals surface area contributed by atoms with Gasteiger partial charge in [-0.25, -0.2) is 13.6 Å². The zero-order valence-electron chi connectivity index (χ0n) is 17.6. The van der Waals surface area contributed by atoms with Crippen molar-refractivity contribution in [2.75, 3.05) is 6.54 Å². The molecule has 1 aromatic heterocycles. The van der Waals surface area contributed by atoms with Crippen molar-refractivity contribution in [1.29, 1.82) is 0 Å². The summed E-state index contributed by atoms with van der Waals surface area (Å²) in [6, 6.07) is 3.81. The smallest absolute Gasteiger partial charge is 0.318 e. The minimum Gasteiger partial charge on any atom is -0.365 e. The predicted molar refractivity (Wildman–Crippen MR) is 114 cm³/mol. The van der Waals surface area contributed by atoms with E-state index in [2.05, 4.69) is 10.4 Å². The zero-order valence-corrected chi connectivity index (χ0v) is 18.3. The van der Waals surface area contributed by atoms with E-state index in [0.717, 1.165) is 0 Å². The largest absolute Gasteiger partial charge is 0.365 e. The van der Waals surface area contributed by atoms with Gasteiger partial charge in [0.25, 0.3) is 5.91 Å². The van der Waals surface area contributed by atoms with Crippen LogP contribution in [-0.2, 0) is 13.1 Å². The summed E-state index contributed by atoms with van der Waals surface area (Å²) in [5.41, 5.74) is 6.10. The van der Waals surface area contributed by atoms with Crippen LogP contribution in [0.3, 0.4) is 0 Å². The third-order valence-electron chi connectivity index (χ3n) is 7.26. The fraction of sp³-hybridized carbons (Fsp3) is 0.500. The van der Waals surface area contributed by atoms with Crippen LogP contribution < -0.4 is 11.1 Å². The van der Waals surface area contributed by atoms with E-state index < -0.39 is 17.4 Å². The predicted octanol–water partition coefficient (Wildman–Crippen LogP) is 3.49. The fourth-order valence-corrected chi connectivity index (χ4v) is 5.68. The summed E-state index contributed by atoms with van der Waals surface area (Å²) in [7, 11) is 0. The molecule has 4 atom stereocenters. The fourth-order valence-electron chi connectivity index (χ4n) is 5.50. The number of benzene rings is 1. The summed E-state index contributed by atoms with van der Waals surface area (Å²) in [4.78, 5) is 26.8. The van der Waals surface area contributed by atoms with E-state index in [1.54, 1.807) is 9.58 Å². The first-order chi connectivity index (χ1) is 15.2. The number of fused-ring (bicyclic) bond motifs is 2. The number of halogens is 3. The monoisotopic (exact) mass is 463 g/mol. The molecule has 2 aliphatic carbocycles. The Morgan fingerprint density at radius 3 is 2.66 bits per heavy atom. The number of alkyl halides is 1. The third-order valence-corrected chi connectivity index (χ3v) is 7.55. The van der Waals surface area contributed by atoms with Crippen LogP contribution >= 0.6 is 11.6 Å². The van der Waals surface area contributed by atoms with Crippen LogP contribution in [0.5, 0.6) is 0 Å². The maximum Gasteiger partial charge on any atom is 0.318 e. The lowest BCUT2D eigenvalue weighted by atomic mass is 10.0. The van der Waals surface area contributed by atoms with E-state index in [-0.39, 0.29) is 41.0 Å². The van der Waals surface area contributed by atoms with E-state index in [0.29, 0.717) is 49.3 Å². The van der Waals surface area contributed by atoms with Gasteiger partial charge in [-0.15, -0.1) is 0 Å². The van der Waals surface area contributed by atoms with E-state index in [9.17, 15) is 18.4 Å². The number of carbonyl (C=O) groups is 2. The number of rotatable bonds is 4. The Morgan fingerprint density at radius 2 is 2.03 bits per heavy atom. The van der Waals surface area contributed by atoms with Crippen LogP contribution in [0.4, 0.5) is 13.6 Å². The second kappa shape index (κ2) is 7.43. The molecule has 0 saturated heterocycles. The Kier molecular flexibility index (Phi) is 4.92. The first kappa shape index (κ1) is 21.2. The number of amides is 3. The molecule has 3 aliphatic rings. The van der Waals surface area contributed by atoms with Gasteiger partial charge in [0.2, 0.25) is 0 Å². The van der Waals surface area contributed by atoms with E-state index in [1.165, 1.54) is 18.2 Å². The quantitative estimate of drug-likeness (QED) is 0.726. The molecule has 170 valence electrons. The van der Waals surface area contributed by atoms with Gasteiger partial charge in [0.05, 0.1) is 29.4 Å². The van der Waals surface area contributed by atoms with Crippen LogP contribution in [0.25, 0.3) is 11.3 Å². The number of nitrogens with one attached hydrogen (secondary N) is 1. The van der Waals surface area contributed by atoms with Crippen molar-refractivity contribution in [3.05, 3.63) is 40.3 Å². The van der Waals surface area contributed by atoms with Crippen molar-refractivity contribution in [2.45, 2.75) is 51.0 Å².